The smallest absolute Gasteiger partial charge is 0.295 e. The van der Waals surface area contributed by atoms with E-state index in [0.717, 1.165) is 17.7 Å². The minimum absolute atomic E-state index is 0.0609. The number of hydrogen-bond acceptors (Lipinski definition) is 5. The first-order valence-corrected chi connectivity index (χ1v) is 7.91. The molecule has 1 aromatic heterocycles. The Hall–Kier alpha value is -2.81. The highest BCUT2D eigenvalue weighted by molar-refractivity contribution is 6.31. The fraction of sp³-hybridized carbons (Fsp3) is 0.118. The molecule has 3 N–H and O–H groups in total. The van der Waals surface area contributed by atoms with Crippen LogP contribution in [0.5, 0.6) is 0 Å². The molecule has 1 heterocycles. The predicted octanol–water partition coefficient (Wildman–Crippen LogP) is 2.35. The van der Waals surface area contributed by atoms with Crippen molar-refractivity contribution in [2.24, 2.45) is 0 Å². The van der Waals surface area contributed by atoms with Gasteiger partial charge < -0.3 is 15.5 Å². The van der Waals surface area contributed by atoms with E-state index in [1.54, 1.807) is 0 Å². The van der Waals surface area contributed by atoms with Gasteiger partial charge in [-0.05, 0) is 17.7 Å². The number of amides is 1. The zero-order chi connectivity index (χ0) is 18.7. The molecular weight excluding hydrogens is 363 g/mol. The molecule has 26 heavy (non-hydrogen) atoms. The van der Waals surface area contributed by atoms with Crippen molar-refractivity contribution in [1.29, 1.82) is 0 Å². The van der Waals surface area contributed by atoms with Gasteiger partial charge in [0.1, 0.15) is 6.33 Å². The lowest BCUT2D eigenvalue weighted by Gasteiger charge is -2.10. The number of carbonyl (C=O) groups excluding carboxylic acids is 1. The van der Waals surface area contributed by atoms with Crippen LogP contribution in [0.25, 0.3) is 0 Å². The maximum atomic E-state index is 14.1. The lowest BCUT2D eigenvalue weighted by atomic mass is 10.2. The molecule has 0 unspecified atom stereocenters. The molecule has 0 atom stereocenters. The Morgan fingerprint density at radius 3 is 2.69 bits per heavy atom. The SMILES string of the molecule is O=C(Nc1cc(C(O)O)cc(Cl)c1F)c1ncn(Cc2ccccc2)n1. The molecule has 0 bridgehead atoms. The van der Waals surface area contributed by atoms with Gasteiger partial charge in [-0.3, -0.25) is 4.79 Å². The molecule has 0 saturated heterocycles. The van der Waals surface area contributed by atoms with Crippen molar-refractivity contribution < 1.29 is 19.4 Å². The van der Waals surface area contributed by atoms with Gasteiger partial charge in [-0.15, -0.1) is 5.10 Å². The van der Waals surface area contributed by atoms with Crippen molar-refractivity contribution in [3.05, 3.63) is 76.6 Å². The highest BCUT2D eigenvalue weighted by Crippen LogP contribution is 2.27. The standard InChI is InChI=1S/C17H14ClFN4O3/c18-12-6-11(17(25)26)7-13(14(12)19)21-16(24)15-20-9-23(22-15)8-10-4-2-1-3-5-10/h1-7,9,17,25-26H,8H2,(H,21,24). The first-order valence-electron chi connectivity index (χ1n) is 7.54. The van der Waals surface area contributed by atoms with Gasteiger partial charge >= 0.3 is 0 Å². The molecule has 0 aliphatic heterocycles. The summed E-state index contributed by atoms with van der Waals surface area (Å²) in [6, 6.07) is 11.6. The van der Waals surface area contributed by atoms with E-state index in [9.17, 15) is 19.4 Å². The number of anilines is 1. The second kappa shape index (κ2) is 7.61. The van der Waals surface area contributed by atoms with Crippen LogP contribution >= 0.6 is 11.6 Å². The van der Waals surface area contributed by atoms with Crippen LogP contribution in [0.2, 0.25) is 5.02 Å². The lowest BCUT2D eigenvalue weighted by molar-refractivity contribution is -0.0424. The Kier molecular flexibility index (Phi) is 5.27. The highest BCUT2D eigenvalue weighted by Gasteiger charge is 2.18. The van der Waals surface area contributed by atoms with E-state index in [1.807, 2.05) is 30.3 Å². The maximum absolute atomic E-state index is 14.1. The van der Waals surface area contributed by atoms with Crippen LogP contribution < -0.4 is 5.32 Å². The van der Waals surface area contributed by atoms with Crippen molar-refractivity contribution in [2.45, 2.75) is 12.8 Å². The Morgan fingerprint density at radius 1 is 1.27 bits per heavy atom. The van der Waals surface area contributed by atoms with Crippen LogP contribution in [0.15, 0.2) is 48.8 Å². The minimum Gasteiger partial charge on any atom is -0.364 e. The molecule has 0 fully saturated rings. The van der Waals surface area contributed by atoms with Gasteiger partial charge in [-0.1, -0.05) is 41.9 Å². The molecule has 0 aliphatic carbocycles. The number of hydrogen-bond donors (Lipinski definition) is 3. The zero-order valence-corrected chi connectivity index (χ0v) is 14.1. The van der Waals surface area contributed by atoms with Gasteiger partial charge in [0, 0.05) is 5.56 Å². The molecule has 7 nitrogen and oxygen atoms in total. The van der Waals surface area contributed by atoms with Crippen LogP contribution in [0.3, 0.4) is 0 Å². The summed E-state index contributed by atoms with van der Waals surface area (Å²) < 4.78 is 15.5. The van der Waals surface area contributed by atoms with Gasteiger partial charge in [0.05, 0.1) is 17.3 Å². The number of nitrogens with one attached hydrogen (secondary N) is 1. The number of halogens is 2. The Morgan fingerprint density at radius 2 is 2.00 bits per heavy atom. The van der Waals surface area contributed by atoms with E-state index in [-0.39, 0.29) is 22.1 Å². The third-order valence-corrected chi connectivity index (χ3v) is 3.80. The third-order valence-electron chi connectivity index (χ3n) is 3.52. The summed E-state index contributed by atoms with van der Waals surface area (Å²) in [6.07, 6.45) is -0.467. The third kappa shape index (κ3) is 4.05. The number of aliphatic hydroxyl groups is 2. The second-order valence-corrected chi connectivity index (χ2v) is 5.85. The molecule has 9 heteroatoms. The number of benzene rings is 2. The summed E-state index contributed by atoms with van der Waals surface area (Å²) in [4.78, 5) is 16.1. The average Bonchev–Trinajstić information content (AvgIpc) is 3.08. The van der Waals surface area contributed by atoms with E-state index in [4.69, 9.17) is 11.6 Å². The van der Waals surface area contributed by atoms with Crippen LogP contribution in [0, 0.1) is 5.82 Å². The van der Waals surface area contributed by atoms with E-state index < -0.39 is 18.0 Å². The fourth-order valence-corrected chi connectivity index (χ4v) is 2.50. The molecule has 0 radical (unpaired) electrons. The first kappa shape index (κ1) is 18.0. The monoisotopic (exact) mass is 376 g/mol. The normalized spacial score (nSPS) is 11.0. The van der Waals surface area contributed by atoms with Gasteiger partial charge in [0.15, 0.2) is 12.1 Å². The van der Waals surface area contributed by atoms with Crippen LogP contribution in [-0.2, 0) is 6.54 Å². The van der Waals surface area contributed by atoms with E-state index in [1.165, 1.54) is 11.0 Å². The summed E-state index contributed by atoms with van der Waals surface area (Å²) >= 11 is 5.70. The first-order chi connectivity index (χ1) is 12.4. The topological polar surface area (TPSA) is 100 Å². The van der Waals surface area contributed by atoms with E-state index in [2.05, 4.69) is 15.4 Å². The molecule has 3 aromatic rings. The van der Waals surface area contributed by atoms with Gasteiger partial charge in [0.2, 0.25) is 5.82 Å². The summed E-state index contributed by atoms with van der Waals surface area (Å²) in [5.74, 6) is -1.81. The summed E-state index contributed by atoms with van der Waals surface area (Å²) in [5, 5.41) is 24.4. The number of rotatable bonds is 5. The molecule has 0 saturated carbocycles. The van der Waals surface area contributed by atoms with Gasteiger partial charge in [-0.25, -0.2) is 14.1 Å². The maximum Gasteiger partial charge on any atom is 0.295 e. The number of aromatic nitrogens is 3. The zero-order valence-electron chi connectivity index (χ0n) is 13.3. The van der Waals surface area contributed by atoms with Gasteiger partial charge in [0.25, 0.3) is 5.91 Å². The molecule has 0 spiro atoms. The average molecular weight is 377 g/mol. The Labute approximate surface area is 152 Å². The van der Waals surface area contributed by atoms with Crippen molar-refractivity contribution in [3.63, 3.8) is 0 Å². The summed E-state index contributed by atoms with van der Waals surface area (Å²) in [6.45, 7) is 0.424. The van der Waals surface area contributed by atoms with Crippen molar-refractivity contribution in [3.8, 4) is 0 Å². The molecule has 2 aromatic carbocycles. The van der Waals surface area contributed by atoms with Crippen LogP contribution in [0.4, 0.5) is 10.1 Å². The number of aliphatic hydroxyl groups excluding tert-OH is 1. The van der Waals surface area contributed by atoms with Crippen LogP contribution in [0.1, 0.15) is 28.0 Å². The van der Waals surface area contributed by atoms with E-state index in [0.29, 0.717) is 6.54 Å². The molecular formula is C17H14ClFN4O3. The van der Waals surface area contributed by atoms with Crippen LogP contribution in [-0.4, -0.2) is 30.9 Å². The van der Waals surface area contributed by atoms with E-state index >= 15 is 0 Å². The van der Waals surface area contributed by atoms with Crippen molar-refractivity contribution in [2.75, 3.05) is 5.32 Å². The minimum atomic E-state index is -1.85. The Balaban J connectivity index is 1.77. The lowest BCUT2D eigenvalue weighted by Crippen LogP contribution is -2.16. The van der Waals surface area contributed by atoms with Crippen molar-refractivity contribution in [1.82, 2.24) is 14.8 Å². The quantitative estimate of drug-likeness (QED) is 0.593. The molecule has 134 valence electrons. The molecule has 0 aliphatic rings. The highest BCUT2D eigenvalue weighted by atomic mass is 35.5. The largest absolute Gasteiger partial charge is 0.364 e. The molecule has 3 rings (SSSR count). The van der Waals surface area contributed by atoms with Gasteiger partial charge in [-0.2, -0.15) is 0 Å². The fourth-order valence-electron chi connectivity index (χ4n) is 2.27. The summed E-state index contributed by atoms with van der Waals surface area (Å²) in [5.41, 5.74) is 0.617. The number of nitrogens with zero attached hydrogens (tertiary/aromatic N) is 3. The molecule has 1 amide bonds. The summed E-state index contributed by atoms with van der Waals surface area (Å²) in [7, 11) is 0. The second-order valence-electron chi connectivity index (χ2n) is 5.44. The van der Waals surface area contributed by atoms with Crippen molar-refractivity contribution >= 4 is 23.2 Å². The Bertz CT molecular complexity index is 931. The number of carbonyl (C=O) groups is 1. The predicted molar refractivity (Wildman–Crippen MR) is 92.1 cm³/mol.